The van der Waals surface area contributed by atoms with Crippen LogP contribution in [-0.2, 0) is 13.0 Å². The van der Waals surface area contributed by atoms with Crippen LogP contribution in [0.25, 0.3) is 0 Å². The molecule has 0 saturated carbocycles. The van der Waals surface area contributed by atoms with Gasteiger partial charge in [-0.2, -0.15) is 0 Å². The molecular formula is C22H20FN3O3. The highest BCUT2D eigenvalue weighted by Gasteiger charge is 2.22. The third-order valence-electron chi connectivity index (χ3n) is 4.52. The van der Waals surface area contributed by atoms with Crippen molar-refractivity contribution in [2.24, 2.45) is 0 Å². The van der Waals surface area contributed by atoms with Crippen LogP contribution in [0.5, 0.6) is 17.2 Å². The highest BCUT2D eigenvalue weighted by Crippen LogP contribution is 2.27. The number of nitrogens with one attached hydrogen (secondary N) is 2. The predicted molar refractivity (Wildman–Crippen MR) is 106 cm³/mol. The lowest BCUT2D eigenvalue weighted by atomic mass is 10.1. The summed E-state index contributed by atoms with van der Waals surface area (Å²) in [6, 6.07) is 15.5. The van der Waals surface area contributed by atoms with Gasteiger partial charge in [0.1, 0.15) is 17.6 Å². The maximum Gasteiger partial charge on any atom is 0.315 e. The van der Waals surface area contributed by atoms with E-state index in [9.17, 15) is 9.18 Å². The summed E-state index contributed by atoms with van der Waals surface area (Å²) in [5.41, 5.74) is 1.77. The molecular weight excluding hydrogens is 373 g/mol. The number of rotatable bonds is 6. The van der Waals surface area contributed by atoms with Gasteiger partial charge in [0.2, 0.25) is 0 Å². The summed E-state index contributed by atoms with van der Waals surface area (Å²) in [7, 11) is 0. The Morgan fingerprint density at radius 2 is 2.07 bits per heavy atom. The molecule has 2 N–H and O–H groups in total. The highest BCUT2D eigenvalue weighted by molar-refractivity contribution is 5.73. The van der Waals surface area contributed by atoms with Gasteiger partial charge < -0.3 is 20.1 Å². The van der Waals surface area contributed by atoms with E-state index >= 15 is 0 Å². The molecule has 3 aromatic rings. The first-order valence-electron chi connectivity index (χ1n) is 9.30. The number of nitrogens with zero attached hydrogens (tertiary/aromatic N) is 1. The van der Waals surface area contributed by atoms with Crippen molar-refractivity contribution in [2.45, 2.75) is 19.1 Å². The highest BCUT2D eigenvalue weighted by atomic mass is 19.1. The molecule has 148 valence electrons. The van der Waals surface area contributed by atoms with E-state index in [1.54, 1.807) is 24.4 Å². The standard InChI is InChI=1S/C22H20FN3O3/c23-19-10-15(7-8-21(19)28-17-5-3-9-24-13-17)12-25-22(27)26-14-18-11-16-4-1-2-6-20(16)29-18/h1-10,13,18H,11-12,14H2,(H2,25,26,27). The maximum absolute atomic E-state index is 14.3. The SMILES string of the molecule is O=C(NCc1ccc(Oc2cccnc2)c(F)c1)NCC1Cc2ccccc2O1. The first-order chi connectivity index (χ1) is 14.2. The van der Waals surface area contributed by atoms with Crippen molar-refractivity contribution < 1.29 is 18.7 Å². The Morgan fingerprint density at radius 3 is 2.86 bits per heavy atom. The van der Waals surface area contributed by atoms with Gasteiger partial charge in [0.15, 0.2) is 11.6 Å². The van der Waals surface area contributed by atoms with Crippen molar-refractivity contribution in [1.29, 1.82) is 0 Å². The third-order valence-corrected chi connectivity index (χ3v) is 4.52. The normalized spacial score (nSPS) is 14.6. The van der Waals surface area contributed by atoms with Crippen LogP contribution in [0.15, 0.2) is 67.0 Å². The number of halogens is 1. The Bertz CT molecular complexity index is 973. The van der Waals surface area contributed by atoms with Crippen LogP contribution >= 0.6 is 0 Å². The van der Waals surface area contributed by atoms with Crippen molar-refractivity contribution in [3.8, 4) is 17.2 Å². The van der Waals surface area contributed by atoms with E-state index < -0.39 is 5.82 Å². The van der Waals surface area contributed by atoms with Crippen molar-refractivity contribution in [3.63, 3.8) is 0 Å². The Morgan fingerprint density at radius 1 is 1.17 bits per heavy atom. The zero-order valence-corrected chi connectivity index (χ0v) is 15.6. The Balaban J connectivity index is 1.24. The number of aromatic nitrogens is 1. The molecule has 2 aromatic carbocycles. The monoisotopic (exact) mass is 393 g/mol. The number of pyridine rings is 1. The third kappa shape index (κ3) is 4.82. The van der Waals surface area contributed by atoms with Crippen molar-refractivity contribution in [2.75, 3.05) is 6.54 Å². The number of ether oxygens (including phenoxy) is 2. The van der Waals surface area contributed by atoms with Crippen molar-refractivity contribution in [1.82, 2.24) is 15.6 Å². The minimum Gasteiger partial charge on any atom is -0.488 e. The Labute approximate surface area is 167 Å². The number of carbonyl (C=O) groups is 1. The lowest BCUT2D eigenvalue weighted by molar-refractivity contribution is 0.214. The van der Waals surface area contributed by atoms with Crippen LogP contribution in [0.2, 0.25) is 0 Å². The number of amides is 2. The summed E-state index contributed by atoms with van der Waals surface area (Å²) in [5, 5.41) is 5.51. The summed E-state index contributed by atoms with van der Waals surface area (Å²) in [6.07, 6.45) is 3.80. The number of carbonyl (C=O) groups excluding carboxylic acids is 1. The second-order valence-corrected chi connectivity index (χ2v) is 6.67. The second-order valence-electron chi connectivity index (χ2n) is 6.67. The van der Waals surface area contributed by atoms with Gasteiger partial charge in [-0.05, 0) is 41.5 Å². The first kappa shape index (κ1) is 18.7. The number of fused-ring (bicyclic) bond motifs is 1. The molecule has 0 saturated heterocycles. The van der Waals surface area contributed by atoms with E-state index in [1.807, 2.05) is 24.3 Å². The fourth-order valence-electron chi connectivity index (χ4n) is 3.09. The van der Waals surface area contributed by atoms with Crippen LogP contribution in [-0.4, -0.2) is 23.7 Å². The zero-order valence-electron chi connectivity index (χ0n) is 15.6. The number of benzene rings is 2. The van der Waals surface area contributed by atoms with Gasteiger partial charge in [-0.15, -0.1) is 0 Å². The van der Waals surface area contributed by atoms with Crippen LogP contribution in [0.3, 0.4) is 0 Å². The van der Waals surface area contributed by atoms with Gasteiger partial charge in [-0.25, -0.2) is 9.18 Å². The van der Waals surface area contributed by atoms with E-state index in [1.165, 1.54) is 18.3 Å². The fraction of sp³-hybridized carbons (Fsp3) is 0.182. The molecule has 7 heteroatoms. The molecule has 0 radical (unpaired) electrons. The van der Waals surface area contributed by atoms with Gasteiger partial charge in [0.25, 0.3) is 0 Å². The minimum absolute atomic E-state index is 0.0838. The lowest BCUT2D eigenvalue weighted by Crippen LogP contribution is -2.40. The first-order valence-corrected chi connectivity index (χ1v) is 9.30. The molecule has 1 aliphatic heterocycles. The molecule has 0 aliphatic carbocycles. The molecule has 1 atom stereocenters. The molecule has 0 bridgehead atoms. The van der Waals surface area contributed by atoms with Crippen LogP contribution in [0.1, 0.15) is 11.1 Å². The average Bonchev–Trinajstić information content (AvgIpc) is 3.16. The van der Waals surface area contributed by atoms with Gasteiger partial charge in [-0.1, -0.05) is 24.3 Å². The summed E-state index contributed by atoms with van der Waals surface area (Å²) in [5.74, 6) is 0.909. The van der Waals surface area contributed by atoms with Crippen molar-refractivity contribution >= 4 is 6.03 Å². The van der Waals surface area contributed by atoms with Gasteiger partial charge >= 0.3 is 6.03 Å². The number of hydrogen-bond donors (Lipinski definition) is 2. The molecule has 2 amide bonds. The topological polar surface area (TPSA) is 72.5 Å². The molecule has 1 unspecified atom stereocenters. The summed E-state index contributed by atoms with van der Waals surface area (Å²) in [4.78, 5) is 16.0. The van der Waals surface area contributed by atoms with Crippen LogP contribution < -0.4 is 20.1 Å². The van der Waals surface area contributed by atoms with E-state index in [0.29, 0.717) is 17.9 Å². The largest absolute Gasteiger partial charge is 0.488 e. The van der Waals surface area contributed by atoms with E-state index in [2.05, 4.69) is 15.6 Å². The van der Waals surface area contributed by atoms with Gasteiger partial charge in [0.05, 0.1) is 12.7 Å². The smallest absolute Gasteiger partial charge is 0.315 e. The molecule has 2 heterocycles. The number of hydrogen-bond acceptors (Lipinski definition) is 4. The molecule has 0 fully saturated rings. The predicted octanol–water partition coefficient (Wildman–Crippen LogP) is 3.82. The average molecular weight is 393 g/mol. The van der Waals surface area contributed by atoms with Gasteiger partial charge in [-0.3, -0.25) is 4.98 Å². The summed E-state index contributed by atoms with van der Waals surface area (Å²) >= 11 is 0. The van der Waals surface area contributed by atoms with Crippen molar-refractivity contribution in [3.05, 3.63) is 83.9 Å². The maximum atomic E-state index is 14.3. The van der Waals surface area contributed by atoms with E-state index in [-0.39, 0.29) is 24.4 Å². The van der Waals surface area contributed by atoms with Crippen LogP contribution in [0, 0.1) is 5.82 Å². The molecule has 29 heavy (non-hydrogen) atoms. The fourth-order valence-corrected chi connectivity index (χ4v) is 3.09. The van der Waals surface area contributed by atoms with Crippen LogP contribution in [0.4, 0.5) is 9.18 Å². The van der Waals surface area contributed by atoms with E-state index in [0.717, 1.165) is 17.7 Å². The lowest BCUT2D eigenvalue weighted by Gasteiger charge is -2.13. The Hall–Kier alpha value is -3.61. The Kier molecular flexibility index (Phi) is 5.56. The molecule has 1 aliphatic rings. The number of urea groups is 1. The zero-order chi connectivity index (χ0) is 20.1. The minimum atomic E-state index is -0.509. The summed E-state index contributed by atoms with van der Waals surface area (Å²) < 4.78 is 25.5. The second kappa shape index (κ2) is 8.60. The quantitative estimate of drug-likeness (QED) is 0.668. The van der Waals surface area contributed by atoms with Gasteiger partial charge in [0, 0.05) is 19.2 Å². The molecule has 1 aromatic heterocycles. The van der Waals surface area contributed by atoms with E-state index in [4.69, 9.17) is 9.47 Å². The number of para-hydroxylation sites is 1. The molecule has 0 spiro atoms. The summed E-state index contributed by atoms with van der Waals surface area (Å²) in [6.45, 7) is 0.592. The molecule has 4 rings (SSSR count). The molecule has 6 nitrogen and oxygen atoms in total.